The average molecular weight is 417 g/mol. The van der Waals surface area contributed by atoms with Crippen molar-refractivity contribution in [2.75, 3.05) is 7.11 Å². The zero-order valence-electron chi connectivity index (χ0n) is 15.5. The van der Waals surface area contributed by atoms with E-state index in [-0.39, 0.29) is 28.8 Å². The zero-order valence-corrected chi connectivity index (χ0v) is 15.5. The summed E-state index contributed by atoms with van der Waals surface area (Å²) in [7, 11) is 1.21. The SMILES string of the molecule is COC(=O)/C(=C/n1cnc(-c2cc(C(F)(F)F)nc(C3CC3)n2)n1)c1cncnc1. The molecule has 0 N–H and O–H groups in total. The maximum Gasteiger partial charge on any atom is 0.433 e. The average Bonchev–Trinajstić information content (AvgIpc) is 3.49. The quantitative estimate of drug-likeness (QED) is 0.460. The first-order chi connectivity index (χ1) is 14.3. The summed E-state index contributed by atoms with van der Waals surface area (Å²) in [6, 6.07) is 0.807. The first-order valence-electron chi connectivity index (χ1n) is 8.78. The van der Waals surface area contributed by atoms with Crippen molar-refractivity contribution in [2.45, 2.75) is 24.9 Å². The van der Waals surface area contributed by atoms with Crippen molar-refractivity contribution in [3.63, 3.8) is 0 Å². The van der Waals surface area contributed by atoms with Crippen LogP contribution in [0.4, 0.5) is 13.2 Å². The number of alkyl halides is 3. The minimum Gasteiger partial charge on any atom is -0.465 e. The molecule has 0 unspecified atom stereocenters. The first kappa shape index (κ1) is 19.6. The second-order valence-electron chi connectivity index (χ2n) is 6.48. The summed E-state index contributed by atoms with van der Waals surface area (Å²) in [6.07, 6.45) is 3.56. The predicted molar refractivity (Wildman–Crippen MR) is 96.2 cm³/mol. The van der Waals surface area contributed by atoms with Crippen LogP contribution in [0.5, 0.6) is 0 Å². The van der Waals surface area contributed by atoms with E-state index in [2.05, 4.69) is 30.0 Å². The molecule has 0 radical (unpaired) electrons. The van der Waals surface area contributed by atoms with E-state index in [4.69, 9.17) is 4.74 Å². The molecule has 3 heterocycles. The van der Waals surface area contributed by atoms with Gasteiger partial charge in [-0.1, -0.05) is 0 Å². The van der Waals surface area contributed by atoms with Crippen LogP contribution in [0.3, 0.4) is 0 Å². The molecule has 0 bridgehead atoms. The molecule has 4 rings (SSSR count). The van der Waals surface area contributed by atoms with Crippen molar-refractivity contribution in [1.82, 2.24) is 34.7 Å². The van der Waals surface area contributed by atoms with E-state index in [1.54, 1.807) is 0 Å². The molecule has 0 spiro atoms. The minimum absolute atomic E-state index is 0.0328. The van der Waals surface area contributed by atoms with Crippen molar-refractivity contribution < 1.29 is 22.7 Å². The third-order valence-corrected chi connectivity index (χ3v) is 4.25. The van der Waals surface area contributed by atoms with Crippen LogP contribution in [-0.4, -0.2) is 47.8 Å². The van der Waals surface area contributed by atoms with E-state index >= 15 is 0 Å². The van der Waals surface area contributed by atoms with Crippen LogP contribution in [0.25, 0.3) is 23.3 Å². The lowest BCUT2D eigenvalue weighted by molar-refractivity contribution is -0.141. The minimum atomic E-state index is -4.62. The van der Waals surface area contributed by atoms with Crippen LogP contribution < -0.4 is 0 Å². The Morgan fingerprint density at radius 3 is 2.60 bits per heavy atom. The van der Waals surface area contributed by atoms with Gasteiger partial charge in [-0.15, -0.1) is 5.10 Å². The molecule has 154 valence electrons. The van der Waals surface area contributed by atoms with Crippen molar-refractivity contribution in [3.8, 4) is 11.5 Å². The van der Waals surface area contributed by atoms with Gasteiger partial charge in [0.2, 0.25) is 0 Å². The molecule has 1 fully saturated rings. The highest BCUT2D eigenvalue weighted by atomic mass is 19.4. The van der Waals surface area contributed by atoms with Crippen molar-refractivity contribution in [2.24, 2.45) is 0 Å². The molecule has 0 saturated heterocycles. The van der Waals surface area contributed by atoms with Gasteiger partial charge in [0.05, 0.1) is 12.7 Å². The van der Waals surface area contributed by atoms with Gasteiger partial charge in [0.25, 0.3) is 0 Å². The Balaban J connectivity index is 1.72. The fourth-order valence-corrected chi connectivity index (χ4v) is 2.63. The maximum absolute atomic E-state index is 13.2. The van der Waals surface area contributed by atoms with Crippen LogP contribution >= 0.6 is 0 Å². The third-order valence-electron chi connectivity index (χ3n) is 4.25. The summed E-state index contributed by atoms with van der Waals surface area (Å²) in [4.78, 5) is 31.7. The van der Waals surface area contributed by atoms with E-state index in [1.165, 1.54) is 43.0 Å². The van der Waals surface area contributed by atoms with Gasteiger partial charge in [0.15, 0.2) is 5.82 Å². The summed E-state index contributed by atoms with van der Waals surface area (Å²) in [6.45, 7) is 0. The van der Waals surface area contributed by atoms with Gasteiger partial charge >= 0.3 is 12.1 Å². The molecular formula is C18H14F3N7O2. The largest absolute Gasteiger partial charge is 0.465 e. The molecule has 1 aliphatic rings. The number of rotatable bonds is 5. The van der Waals surface area contributed by atoms with Crippen molar-refractivity contribution >= 4 is 17.7 Å². The second-order valence-corrected chi connectivity index (χ2v) is 6.48. The normalized spacial score (nSPS) is 14.6. The van der Waals surface area contributed by atoms with Gasteiger partial charge in [-0.2, -0.15) is 13.2 Å². The van der Waals surface area contributed by atoms with Crippen molar-refractivity contribution in [3.05, 3.63) is 48.2 Å². The highest BCUT2D eigenvalue weighted by molar-refractivity contribution is 6.19. The lowest BCUT2D eigenvalue weighted by atomic mass is 10.1. The molecule has 0 aliphatic heterocycles. The Labute approximate surface area is 167 Å². The van der Waals surface area contributed by atoms with Gasteiger partial charge in [-0.3, -0.25) is 0 Å². The number of carbonyl (C=O) groups excluding carboxylic acids is 1. The molecule has 0 aromatic carbocycles. The highest BCUT2D eigenvalue weighted by Crippen LogP contribution is 2.40. The Hall–Kier alpha value is -3.70. The Kier molecular flexibility index (Phi) is 4.98. The third kappa shape index (κ3) is 4.16. The van der Waals surface area contributed by atoms with Gasteiger partial charge in [-0.05, 0) is 18.9 Å². The Morgan fingerprint density at radius 2 is 1.97 bits per heavy atom. The maximum atomic E-state index is 13.2. The molecular weight excluding hydrogens is 403 g/mol. The highest BCUT2D eigenvalue weighted by Gasteiger charge is 2.36. The molecule has 1 aliphatic carbocycles. The second kappa shape index (κ2) is 7.61. The smallest absolute Gasteiger partial charge is 0.433 e. The number of carbonyl (C=O) groups is 1. The van der Waals surface area contributed by atoms with E-state index in [9.17, 15) is 18.0 Å². The molecule has 9 nitrogen and oxygen atoms in total. The number of esters is 1. The molecule has 30 heavy (non-hydrogen) atoms. The van der Waals surface area contributed by atoms with Gasteiger partial charge < -0.3 is 4.74 Å². The van der Waals surface area contributed by atoms with Crippen LogP contribution in [0.2, 0.25) is 0 Å². The molecule has 3 aromatic heterocycles. The Bertz CT molecular complexity index is 1110. The number of hydrogen-bond acceptors (Lipinski definition) is 8. The van der Waals surface area contributed by atoms with E-state index < -0.39 is 17.8 Å². The number of halogens is 3. The fraction of sp³-hybridized carbons (Fsp3) is 0.278. The lowest BCUT2D eigenvalue weighted by Crippen LogP contribution is -2.11. The molecule has 0 amide bonds. The topological polar surface area (TPSA) is 109 Å². The summed E-state index contributed by atoms with van der Waals surface area (Å²) in [5.74, 6) is -0.658. The van der Waals surface area contributed by atoms with Gasteiger partial charge in [0, 0.05) is 30.1 Å². The lowest BCUT2D eigenvalue weighted by Gasteiger charge is -2.08. The summed E-state index contributed by atoms with van der Waals surface area (Å²) < 4.78 is 45.6. The van der Waals surface area contributed by atoms with Gasteiger partial charge in [0.1, 0.15) is 29.9 Å². The monoisotopic (exact) mass is 417 g/mol. The standard InChI is InChI=1S/C18H14F3N7O2/c1-30-17(29)12(11-5-22-8-23-6-11)7-28-9-24-16(27-28)13-4-14(18(19,20)21)26-15(25-13)10-2-3-10/h4-10H,2-3H2,1H3/b12-7+. The van der Waals surface area contributed by atoms with Crippen LogP contribution in [-0.2, 0) is 15.7 Å². The Morgan fingerprint density at radius 1 is 1.23 bits per heavy atom. The van der Waals surface area contributed by atoms with Crippen molar-refractivity contribution in [1.29, 1.82) is 0 Å². The fourth-order valence-electron chi connectivity index (χ4n) is 2.63. The molecule has 12 heteroatoms. The number of methoxy groups -OCH3 is 1. The summed E-state index contributed by atoms with van der Waals surface area (Å²) >= 11 is 0. The van der Waals surface area contributed by atoms with E-state index in [1.807, 2.05) is 0 Å². The number of ether oxygens (including phenoxy) is 1. The van der Waals surface area contributed by atoms with Gasteiger partial charge in [-0.25, -0.2) is 34.4 Å². The predicted octanol–water partition coefficient (Wildman–Crippen LogP) is 2.59. The number of aromatic nitrogens is 7. The number of hydrogen-bond donors (Lipinski definition) is 0. The summed E-state index contributed by atoms with van der Waals surface area (Å²) in [5.41, 5.74) is -0.627. The molecule has 0 atom stereocenters. The number of nitrogens with zero attached hydrogens (tertiary/aromatic N) is 7. The zero-order chi connectivity index (χ0) is 21.3. The molecule has 1 saturated carbocycles. The van der Waals surface area contributed by atoms with Crippen LogP contribution in [0, 0.1) is 0 Å². The summed E-state index contributed by atoms with van der Waals surface area (Å²) in [5, 5.41) is 4.13. The van der Waals surface area contributed by atoms with E-state index in [0.29, 0.717) is 5.56 Å². The van der Waals surface area contributed by atoms with Crippen LogP contribution in [0.1, 0.15) is 35.8 Å². The van der Waals surface area contributed by atoms with Crippen LogP contribution in [0.15, 0.2) is 31.1 Å². The first-order valence-corrected chi connectivity index (χ1v) is 8.78. The molecule has 3 aromatic rings. The van der Waals surface area contributed by atoms with E-state index in [0.717, 1.165) is 18.9 Å².